The average Bonchev–Trinajstić information content (AvgIpc) is 2.92. The quantitative estimate of drug-likeness (QED) is 0.582. The van der Waals surface area contributed by atoms with Gasteiger partial charge >= 0.3 is 5.97 Å². The summed E-state index contributed by atoms with van der Waals surface area (Å²) in [7, 11) is 1.42. The van der Waals surface area contributed by atoms with E-state index in [1.165, 1.54) is 39.2 Å². The Balaban J connectivity index is 1.80. The maximum Gasteiger partial charge on any atom is 0.305 e. The van der Waals surface area contributed by atoms with Crippen LogP contribution in [0.2, 0.25) is 0 Å². The van der Waals surface area contributed by atoms with Crippen molar-refractivity contribution < 1.29 is 9.53 Å². The normalized spacial score (nSPS) is 16.5. The second kappa shape index (κ2) is 7.21. The second-order valence-corrected chi connectivity index (χ2v) is 5.11. The summed E-state index contributed by atoms with van der Waals surface area (Å²) in [6.07, 6.45) is 9.28. The van der Waals surface area contributed by atoms with Gasteiger partial charge in [-0.3, -0.25) is 4.79 Å². The summed E-state index contributed by atoms with van der Waals surface area (Å²) in [6, 6.07) is 0.472. The van der Waals surface area contributed by atoms with Crippen LogP contribution in [0.3, 0.4) is 0 Å². The lowest BCUT2D eigenvalue weighted by molar-refractivity contribution is -0.140. The van der Waals surface area contributed by atoms with Crippen LogP contribution in [0.25, 0.3) is 0 Å². The number of rotatable bonds is 6. The van der Waals surface area contributed by atoms with E-state index in [-0.39, 0.29) is 5.97 Å². The number of aromatic nitrogens is 4. The molecule has 0 atom stereocenters. The SMILES string of the molecule is COC(=O)CCCCc1nnnn1C1CCCCC1. The number of esters is 1. The third-order valence-corrected chi connectivity index (χ3v) is 3.74. The van der Waals surface area contributed by atoms with Crippen molar-refractivity contribution >= 4 is 5.97 Å². The number of aryl methyl sites for hydroxylation is 1. The summed E-state index contributed by atoms with van der Waals surface area (Å²) in [5, 5.41) is 12.0. The van der Waals surface area contributed by atoms with Gasteiger partial charge in [0.2, 0.25) is 0 Å². The fourth-order valence-corrected chi connectivity index (χ4v) is 2.64. The van der Waals surface area contributed by atoms with Gasteiger partial charge in [0, 0.05) is 12.8 Å². The minimum absolute atomic E-state index is 0.146. The molecule has 19 heavy (non-hydrogen) atoms. The van der Waals surface area contributed by atoms with Crippen LogP contribution >= 0.6 is 0 Å². The molecule has 0 spiro atoms. The predicted octanol–water partition coefficient (Wildman–Crippen LogP) is 2.06. The van der Waals surface area contributed by atoms with Crippen molar-refractivity contribution in [3.05, 3.63) is 5.82 Å². The minimum Gasteiger partial charge on any atom is -0.469 e. The van der Waals surface area contributed by atoms with Crippen molar-refractivity contribution in [2.24, 2.45) is 0 Å². The van der Waals surface area contributed by atoms with E-state index in [1.54, 1.807) is 0 Å². The first kappa shape index (κ1) is 14.0. The van der Waals surface area contributed by atoms with E-state index >= 15 is 0 Å². The first-order chi connectivity index (χ1) is 9.31. The number of tetrazole rings is 1. The molecule has 6 heteroatoms. The molecule has 1 heterocycles. The molecule has 1 aromatic rings. The van der Waals surface area contributed by atoms with E-state index in [9.17, 15) is 4.79 Å². The lowest BCUT2D eigenvalue weighted by Crippen LogP contribution is -2.17. The fourth-order valence-electron chi connectivity index (χ4n) is 2.64. The van der Waals surface area contributed by atoms with E-state index in [2.05, 4.69) is 20.3 Å². The zero-order chi connectivity index (χ0) is 13.5. The molecule has 1 saturated carbocycles. The first-order valence-electron chi connectivity index (χ1n) is 7.15. The number of methoxy groups -OCH3 is 1. The summed E-state index contributed by atoms with van der Waals surface area (Å²) in [5.41, 5.74) is 0. The molecule has 1 aliphatic carbocycles. The van der Waals surface area contributed by atoms with Crippen LogP contribution in [-0.4, -0.2) is 33.3 Å². The highest BCUT2D eigenvalue weighted by molar-refractivity contribution is 5.68. The zero-order valence-corrected chi connectivity index (χ0v) is 11.5. The van der Waals surface area contributed by atoms with Crippen LogP contribution in [-0.2, 0) is 16.0 Å². The molecule has 106 valence electrons. The molecule has 0 saturated heterocycles. The van der Waals surface area contributed by atoms with Gasteiger partial charge in [-0.2, -0.15) is 0 Å². The van der Waals surface area contributed by atoms with Gasteiger partial charge in [0.1, 0.15) is 0 Å². The van der Waals surface area contributed by atoms with Crippen molar-refractivity contribution in [3.63, 3.8) is 0 Å². The number of hydrogen-bond acceptors (Lipinski definition) is 5. The summed E-state index contributed by atoms with van der Waals surface area (Å²) < 4.78 is 6.62. The second-order valence-electron chi connectivity index (χ2n) is 5.11. The van der Waals surface area contributed by atoms with Crippen LogP contribution < -0.4 is 0 Å². The maximum atomic E-state index is 11.0. The highest BCUT2D eigenvalue weighted by Gasteiger charge is 2.19. The molecule has 0 unspecified atom stereocenters. The van der Waals surface area contributed by atoms with E-state index in [0.717, 1.165) is 25.1 Å². The number of unbranched alkanes of at least 4 members (excludes halogenated alkanes) is 1. The fraction of sp³-hybridized carbons (Fsp3) is 0.846. The molecule has 1 aromatic heterocycles. The molecule has 1 aliphatic rings. The number of ether oxygens (including phenoxy) is 1. The topological polar surface area (TPSA) is 69.9 Å². The van der Waals surface area contributed by atoms with E-state index in [1.807, 2.05) is 4.68 Å². The van der Waals surface area contributed by atoms with Gasteiger partial charge in [-0.1, -0.05) is 19.3 Å². The molecule has 2 rings (SSSR count). The van der Waals surface area contributed by atoms with Gasteiger partial charge in [-0.05, 0) is 36.1 Å². The molecule has 1 fully saturated rings. The Labute approximate surface area is 113 Å². The Kier molecular flexibility index (Phi) is 5.30. The van der Waals surface area contributed by atoms with Crippen molar-refractivity contribution in [3.8, 4) is 0 Å². The Bertz CT molecular complexity index is 399. The Morgan fingerprint density at radius 3 is 2.84 bits per heavy atom. The third kappa shape index (κ3) is 4.01. The number of hydrogen-bond donors (Lipinski definition) is 0. The molecule has 0 bridgehead atoms. The molecule has 0 N–H and O–H groups in total. The average molecular weight is 266 g/mol. The van der Waals surface area contributed by atoms with Gasteiger partial charge in [-0.25, -0.2) is 4.68 Å². The molecule has 0 aromatic carbocycles. The van der Waals surface area contributed by atoms with Gasteiger partial charge in [0.15, 0.2) is 5.82 Å². The van der Waals surface area contributed by atoms with E-state index in [0.29, 0.717) is 12.5 Å². The Morgan fingerprint density at radius 1 is 1.32 bits per heavy atom. The van der Waals surface area contributed by atoms with Crippen LogP contribution in [0.5, 0.6) is 0 Å². The third-order valence-electron chi connectivity index (χ3n) is 3.74. The van der Waals surface area contributed by atoms with Gasteiger partial charge in [-0.15, -0.1) is 5.10 Å². The van der Waals surface area contributed by atoms with Crippen molar-refractivity contribution in [2.75, 3.05) is 7.11 Å². The van der Waals surface area contributed by atoms with E-state index < -0.39 is 0 Å². The van der Waals surface area contributed by atoms with Crippen LogP contribution in [0.1, 0.15) is 63.2 Å². The number of carbonyl (C=O) groups is 1. The largest absolute Gasteiger partial charge is 0.469 e. The minimum atomic E-state index is -0.146. The zero-order valence-electron chi connectivity index (χ0n) is 11.5. The smallest absolute Gasteiger partial charge is 0.305 e. The van der Waals surface area contributed by atoms with Crippen molar-refractivity contribution in [1.29, 1.82) is 0 Å². The summed E-state index contributed by atoms with van der Waals surface area (Å²) in [4.78, 5) is 11.0. The standard InChI is InChI=1S/C13H22N4O2/c1-19-13(18)10-6-5-9-12-14-15-16-17(12)11-7-3-2-4-8-11/h11H,2-10H2,1H3. The predicted molar refractivity (Wildman–Crippen MR) is 69.5 cm³/mol. The Morgan fingerprint density at radius 2 is 2.11 bits per heavy atom. The van der Waals surface area contributed by atoms with E-state index in [4.69, 9.17) is 0 Å². The van der Waals surface area contributed by atoms with Gasteiger partial charge in [0.05, 0.1) is 13.2 Å². The summed E-state index contributed by atoms with van der Waals surface area (Å²) in [6.45, 7) is 0. The lowest BCUT2D eigenvalue weighted by atomic mass is 9.95. The van der Waals surface area contributed by atoms with Crippen LogP contribution in [0.15, 0.2) is 0 Å². The summed E-state index contributed by atoms with van der Waals surface area (Å²) in [5.74, 6) is 0.809. The van der Waals surface area contributed by atoms with Gasteiger partial charge in [0.25, 0.3) is 0 Å². The molecule has 0 aliphatic heterocycles. The monoisotopic (exact) mass is 266 g/mol. The maximum absolute atomic E-state index is 11.0. The molecular weight excluding hydrogens is 244 g/mol. The molecule has 6 nitrogen and oxygen atoms in total. The molecule has 0 radical (unpaired) electrons. The van der Waals surface area contributed by atoms with Crippen molar-refractivity contribution in [1.82, 2.24) is 20.2 Å². The highest BCUT2D eigenvalue weighted by atomic mass is 16.5. The Hall–Kier alpha value is -1.46. The first-order valence-corrected chi connectivity index (χ1v) is 7.15. The number of nitrogens with zero attached hydrogens (tertiary/aromatic N) is 4. The number of carbonyl (C=O) groups excluding carboxylic acids is 1. The highest BCUT2D eigenvalue weighted by Crippen LogP contribution is 2.28. The van der Waals surface area contributed by atoms with Crippen LogP contribution in [0, 0.1) is 0 Å². The summed E-state index contributed by atoms with van der Waals surface area (Å²) >= 11 is 0. The van der Waals surface area contributed by atoms with Crippen molar-refractivity contribution in [2.45, 2.75) is 63.8 Å². The van der Waals surface area contributed by atoms with Gasteiger partial charge < -0.3 is 4.74 Å². The lowest BCUT2D eigenvalue weighted by Gasteiger charge is -2.22. The molecule has 0 amide bonds. The van der Waals surface area contributed by atoms with Crippen LogP contribution in [0.4, 0.5) is 0 Å². The molecular formula is C13H22N4O2.